The number of nitrogens with one attached hydrogen (secondary N) is 3. The highest BCUT2D eigenvalue weighted by Crippen LogP contribution is 2.41. The number of aliphatic hydroxyl groups excluding tert-OH is 2. The lowest BCUT2D eigenvalue weighted by molar-refractivity contribution is 0.104. The van der Waals surface area contributed by atoms with E-state index in [1.165, 1.54) is 0 Å². The van der Waals surface area contributed by atoms with Gasteiger partial charge < -0.3 is 20.8 Å². The highest BCUT2D eigenvalue weighted by molar-refractivity contribution is 6.27. The first-order valence-corrected chi connectivity index (χ1v) is 9.81. The van der Waals surface area contributed by atoms with Crippen molar-refractivity contribution in [2.45, 2.75) is 6.54 Å². The third-order valence-electron chi connectivity index (χ3n) is 5.09. The zero-order valence-corrected chi connectivity index (χ0v) is 16.1. The number of carbonyl (C=O) groups excluding carboxylic acids is 1. The summed E-state index contributed by atoms with van der Waals surface area (Å²) < 4.78 is 1.89. The molecule has 0 atom stereocenters. The van der Waals surface area contributed by atoms with Gasteiger partial charge in [0.1, 0.15) is 5.69 Å². The van der Waals surface area contributed by atoms with Crippen molar-refractivity contribution in [3.63, 3.8) is 0 Å². The summed E-state index contributed by atoms with van der Waals surface area (Å²) >= 11 is 0. The third-order valence-corrected chi connectivity index (χ3v) is 5.09. The molecule has 4 rings (SSSR count). The molecule has 0 fully saturated rings. The Bertz CT molecular complexity index is 1030. The van der Waals surface area contributed by atoms with Crippen LogP contribution in [0.3, 0.4) is 0 Å². The van der Waals surface area contributed by atoms with Crippen molar-refractivity contribution in [2.24, 2.45) is 0 Å². The van der Waals surface area contributed by atoms with E-state index in [-0.39, 0.29) is 19.1 Å². The third kappa shape index (κ3) is 3.63. The van der Waals surface area contributed by atoms with Crippen LogP contribution in [0.25, 0.3) is 22.2 Å². The number of ketones is 1. The number of nitrogens with zero attached hydrogens (tertiary/aromatic N) is 2. The monoisotopic (exact) mass is 395 g/mol. The summed E-state index contributed by atoms with van der Waals surface area (Å²) in [6.07, 6.45) is 0. The Kier molecular flexibility index (Phi) is 5.86. The van der Waals surface area contributed by atoms with E-state index in [0.29, 0.717) is 43.9 Å². The highest BCUT2D eigenvalue weighted by atomic mass is 16.3. The quantitative estimate of drug-likeness (QED) is 0.199. The van der Waals surface area contributed by atoms with Crippen LogP contribution in [-0.4, -0.2) is 65.3 Å². The van der Waals surface area contributed by atoms with Crippen LogP contribution in [0.1, 0.15) is 15.9 Å². The minimum Gasteiger partial charge on any atom is -0.395 e. The lowest BCUT2D eigenvalue weighted by Crippen LogP contribution is -2.25. The van der Waals surface area contributed by atoms with Gasteiger partial charge in [-0.15, -0.1) is 0 Å². The van der Waals surface area contributed by atoms with Crippen molar-refractivity contribution in [3.8, 4) is 11.3 Å². The summed E-state index contributed by atoms with van der Waals surface area (Å²) in [4.78, 5) is 13.3. The van der Waals surface area contributed by atoms with Crippen molar-refractivity contribution in [3.05, 3.63) is 47.5 Å². The molecule has 0 saturated heterocycles. The molecule has 0 amide bonds. The molecule has 29 heavy (non-hydrogen) atoms. The molecular weight excluding hydrogens is 370 g/mol. The first-order valence-electron chi connectivity index (χ1n) is 9.81. The van der Waals surface area contributed by atoms with E-state index in [1.807, 2.05) is 41.1 Å². The van der Waals surface area contributed by atoms with Crippen molar-refractivity contribution in [2.75, 3.05) is 44.8 Å². The predicted octanol–water partition coefficient (Wildman–Crippen LogP) is 0.781. The van der Waals surface area contributed by atoms with Crippen LogP contribution in [0.5, 0.6) is 0 Å². The smallest absolute Gasteiger partial charge is 0.196 e. The molecule has 0 radical (unpaired) electrons. The maximum atomic E-state index is 13.3. The summed E-state index contributed by atoms with van der Waals surface area (Å²) in [6.45, 7) is 3.04. The van der Waals surface area contributed by atoms with Crippen LogP contribution in [0.4, 0.5) is 5.69 Å². The first kappa shape index (κ1) is 19.5. The van der Waals surface area contributed by atoms with Gasteiger partial charge in [-0.1, -0.05) is 24.3 Å². The van der Waals surface area contributed by atoms with E-state index in [4.69, 9.17) is 15.3 Å². The SMILES string of the molecule is O=C1c2ccccc2-c2nn(CCNCO)c3ccc(NCCNCCO)c1c23. The molecule has 0 spiro atoms. The van der Waals surface area contributed by atoms with Gasteiger partial charge in [0.05, 0.1) is 31.0 Å². The molecule has 0 aliphatic heterocycles. The molecular formula is C21H25N5O3. The van der Waals surface area contributed by atoms with E-state index >= 15 is 0 Å². The van der Waals surface area contributed by atoms with Gasteiger partial charge in [-0.3, -0.25) is 14.8 Å². The molecule has 0 saturated carbocycles. The molecule has 152 valence electrons. The molecule has 0 unspecified atom stereocenters. The second-order valence-corrected chi connectivity index (χ2v) is 6.89. The normalized spacial score (nSPS) is 12.4. The van der Waals surface area contributed by atoms with E-state index in [2.05, 4.69) is 16.0 Å². The minimum atomic E-state index is -0.0863. The van der Waals surface area contributed by atoms with Crippen molar-refractivity contribution < 1.29 is 15.0 Å². The average Bonchev–Trinajstić information content (AvgIpc) is 3.11. The molecule has 8 heteroatoms. The van der Waals surface area contributed by atoms with Crippen LogP contribution in [-0.2, 0) is 6.54 Å². The van der Waals surface area contributed by atoms with Gasteiger partial charge in [0.25, 0.3) is 0 Å². The molecule has 0 bridgehead atoms. The fourth-order valence-electron chi connectivity index (χ4n) is 3.79. The van der Waals surface area contributed by atoms with E-state index in [0.717, 1.165) is 27.8 Å². The van der Waals surface area contributed by atoms with E-state index in [1.54, 1.807) is 0 Å². The molecule has 1 aliphatic rings. The van der Waals surface area contributed by atoms with Gasteiger partial charge in [-0.25, -0.2) is 0 Å². The Morgan fingerprint density at radius 2 is 1.76 bits per heavy atom. The molecule has 5 N–H and O–H groups in total. The minimum absolute atomic E-state index is 0.00227. The fourth-order valence-corrected chi connectivity index (χ4v) is 3.79. The maximum absolute atomic E-state index is 13.3. The highest BCUT2D eigenvalue weighted by Gasteiger charge is 2.30. The molecule has 8 nitrogen and oxygen atoms in total. The van der Waals surface area contributed by atoms with Gasteiger partial charge in [0, 0.05) is 48.4 Å². The molecule has 3 aromatic rings. The second kappa shape index (κ2) is 8.71. The number of hydrogen-bond donors (Lipinski definition) is 5. The van der Waals surface area contributed by atoms with Gasteiger partial charge in [0.15, 0.2) is 5.78 Å². The number of hydrogen-bond acceptors (Lipinski definition) is 7. The topological polar surface area (TPSA) is 111 Å². The summed E-state index contributed by atoms with van der Waals surface area (Å²) in [7, 11) is 0. The number of rotatable bonds is 10. The lowest BCUT2D eigenvalue weighted by Gasteiger charge is -2.18. The second-order valence-electron chi connectivity index (χ2n) is 6.89. The zero-order valence-electron chi connectivity index (χ0n) is 16.1. The largest absolute Gasteiger partial charge is 0.395 e. The Morgan fingerprint density at radius 1 is 0.931 bits per heavy atom. The Morgan fingerprint density at radius 3 is 2.55 bits per heavy atom. The fraction of sp³-hybridized carbons (Fsp3) is 0.333. The number of aliphatic hydroxyl groups is 2. The lowest BCUT2D eigenvalue weighted by atomic mass is 9.86. The van der Waals surface area contributed by atoms with Crippen LogP contribution in [0.15, 0.2) is 36.4 Å². The van der Waals surface area contributed by atoms with Gasteiger partial charge in [0.2, 0.25) is 0 Å². The maximum Gasteiger partial charge on any atom is 0.196 e. The summed E-state index contributed by atoms with van der Waals surface area (Å²) in [5.74, 6) is -0.00227. The van der Waals surface area contributed by atoms with Crippen LogP contribution >= 0.6 is 0 Å². The molecule has 1 aliphatic carbocycles. The Labute approximate surface area is 168 Å². The zero-order chi connectivity index (χ0) is 20.2. The van der Waals surface area contributed by atoms with E-state index in [9.17, 15) is 4.79 Å². The molecule has 1 heterocycles. The number of carbonyl (C=O) groups is 1. The number of aromatic nitrogens is 2. The van der Waals surface area contributed by atoms with Crippen LogP contribution < -0.4 is 16.0 Å². The van der Waals surface area contributed by atoms with Gasteiger partial charge >= 0.3 is 0 Å². The first-order chi connectivity index (χ1) is 14.3. The van der Waals surface area contributed by atoms with Crippen molar-refractivity contribution in [1.29, 1.82) is 0 Å². The Balaban J connectivity index is 1.76. The molecule has 1 aromatic heterocycles. The number of fused-ring (bicyclic) bond motifs is 2. The van der Waals surface area contributed by atoms with Crippen molar-refractivity contribution in [1.82, 2.24) is 20.4 Å². The predicted molar refractivity (Wildman–Crippen MR) is 112 cm³/mol. The number of anilines is 1. The number of benzene rings is 2. The van der Waals surface area contributed by atoms with Crippen LogP contribution in [0.2, 0.25) is 0 Å². The summed E-state index contributed by atoms with van der Waals surface area (Å²) in [5.41, 5.74) is 4.67. The molecule has 2 aromatic carbocycles. The average molecular weight is 395 g/mol. The Hall–Kier alpha value is -2.78. The van der Waals surface area contributed by atoms with Gasteiger partial charge in [-0.05, 0) is 12.1 Å². The van der Waals surface area contributed by atoms with Crippen LogP contribution in [0, 0.1) is 0 Å². The summed E-state index contributed by atoms with van der Waals surface area (Å²) in [6, 6.07) is 11.5. The standard InChI is InChI=1S/C21H25N5O3/c27-12-10-22-7-8-24-16-5-6-17-19-18(16)21(29)15-4-2-1-3-14(15)20(19)25-26(17)11-9-23-13-28/h1-6,22-24,27-28H,7-13H2. The summed E-state index contributed by atoms with van der Waals surface area (Å²) in [5, 5.41) is 32.9. The van der Waals surface area contributed by atoms with Gasteiger partial charge in [-0.2, -0.15) is 5.10 Å². The van der Waals surface area contributed by atoms with Crippen molar-refractivity contribution >= 4 is 22.4 Å². The van der Waals surface area contributed by atoms with E-state index < -0.39 is 0 Å².